The molecule has 1 N–H and O–H groups in total. The van der Waals surface area contributed by atoms with E-state index in [0.717, 1.165) is 30.7 Å². The molecule has 1 saturated heterocycles. The number of hydrogen-bond acceptors (Lipinski definition) is 3. The third-order valence-corrected chi connectivity index (χ3v) is 3.81. The van der Waals surface area contributed by atoms with Crippen molar-refractivity contribution in [3.8, 4) is 0 Å². The van der Waals surface area contributed by atoms with Crippen LogP contribution in [-0.4, -0.2) is 35.0 Å². The van der Waals surface area contributed by atoms with Crippen LogP contribution in [-0.2, 0) is 4.79 Å². The number of nitrogens with zero attached hydrogens (tertiary/aromatic N) is 1. The molecule has 20 heavy (non-hydrogen) atoms. The molecule has 0 aromatic carbocycles. The van der Waals surface area contributed by atoms with Gasteiger partial charge in [-0.05, 0) is 45.1 Å². The maximum atomic E-state index is 12.4. The molecular formula is C15H21NO4. The van der Waals surface area contributed by atoms with Gasteiger partial charge in [-0.3, -0.25) is 9.59 Å². The minimum atomic E-state index is -0.772. The molecule has 5 heteroatoms. The molecular weight excluding hydrogens is 258 g/mol. The molecule has 5 nitrogen and oxygen atoms in total. The first kappa shape index (κ1) is 14.6. The number of likely N-dealkylation sites (tertiary alicyclic amines) is 1. The first-order chi connectivity index (χ1) is 9.47. The Morgan fingerprint density at radius 1 is 1.45 bits per heavy atom. The minimum Gasteiger partial charge on any atom is -0.481 e. The van der Waals surface area contributed by atoms with Gasteiger partial charge < -0.3 is 14.4 Å². The molecule has 1 aliphatic heterocycles. The van der Waals surface area contributed by atoms with E-state index in [9.17, 15) is 9.59 Å². The summed E-state index contributed by atoms with van der Waals surface area (Å²) in [4.78, 5) is 24.9. The molecule has 1 aromatic heterocycles. The number of carbonyl (C=O) groups is 2. The normalized spacial score (nSPS) is 19.1. The standard InChI is InChI=1S/C15H21NO4/c1-10-8-11(2)20-14(10)15(19)16-7-3-4-12(9-16)5-6-13(17)18/h8,12H,3-7,9H2,1-2H3,(H,17,18)/t12-/m1/s1. The smallest absolute Gasteiger partial charge is 0.303 e. The summed E-state index contributed by atoms with van der Waals surface area (Å²) in [6.07, 6.45) is 2.73. The Balaban J connectivity index is 1.99. The first-order valence-corrected chi connectivity index (χ1v) is 7.05. The van der Waals surface area contributed by atoms with E-state index >= 15 is 0 Å². The highest BCUT2D eigenvalue weighted by Crippen LogP contribution is 2.24. The zero-order valence-electron chi connectivity index (χ0n) is 12.0. The number of piperidine rings is 1. The lowest BCUT2D eigenvalue weighted by Gasteiger charge is -2.32. The summed E-state index contributed by atoms with van der Waals surface area (Å²) in [5.41, 5.74) is 0.861. The van der Waals surface area contributed by atoms with E-state index in [1.54, 1.807) is 4.90 Å². The number of aryl methyl sites for hydroxylation is 2. The van der Waals surface area contributed by atoms with Crippen molar-refractivity contribution in [1.29, 1.82) is 0 Å². The van der Waals surface area contributed by atoms with Crippen LogP contribution in [0.4, 0.5) is 0 Å². The van der Waals surface area contributed by atoms with Gasteiger partial charge in [0.15, 0.2) is 5.76 Å². The second-order valence-electron chi connectivity index (χ2n) is 5.56. The summed E-state index contributed by atoms with van der Waals surface area (Å²) < 4.78 is 5.48. The quantitative estimate of drug-likeness (QED) is 0.919. The fourth-order valence-electron chi connectivity index (χ4n) is 2.81. The number of amides is 1. The number of carbonyl (C=O) groups excluding carboxylic acids is 1. The molecule has 110 valence electrons. The van der Waals surface area contributed by atoms with Crippen molar-refractivity contribution in [2.75, 3.05) is 13.1 Å². The van der Waals surface area contributed by atoms with E-state index < -0.39 is 5.97 Å². The number of rotatable bonds is 4. The fourth-order valence-corrected chi connectivity index (χ4v) is 2.81. The van der Waals surface area contributed by atoms with Gasteiger partial charge in [0.25, 0.3) is 5.91 Å². The molecule has 1 fully saturated rings. The predicted octanol–water partition coefficient (Wildman–Crippen LogP) is 2.61. The Morgan fingerprint density at radius 3 is 2.80 bits per heavy atom. The highest BCUT2D eigenvalue weighted by molar-refractivity contribution is 5.93. The SMILES string of the molecule is Cc1cc(C)c(C(=O)N2CCC[C@H](CCC(=O)O)C2)o1. The van der Waals surface area contributed by atoms with E-state index in [4.69, 9.17) is 9.52 Å². The maximum Gasteiger partial charge on any atom is 0.303 e. The lowest BCUT2D eigenvalue weighted by Crippen LogP contribution is -2.40. The summed E-state index contributed by atoms with van der Waals surface area (Å²) in [6, 6.07) is 1.86. The summed E-state index contributed by atoms with van der Waals surface area (Å²) in [7, 11) is 0. The second-order valence-corrected chi connectivity index (χ2v) is 5.56. The third-order valence-electron chi connectivity index (χ3n) is 3.81. The van der Waals surface area contributed by atoms with Gasteiger partial charge in [0.1, 0.15) is 5.76 Å². The first-order valence-electron chi connectivity index (χ1n) is 7.05. The minimum absolute atomic E-state index is 0.0735. The lowest BCUT2D eigenvalue weighted by atomic mass is 9.93. The molecule has 0 unspecified atom stereocenters. The summed E-state index contributed by atoms with van der Waals surface area (Å²) >= 11 is 0. The van der Waals surface area contributed by atoms with Crippen LogP contribution in [0.25, 0.3) is 0 Å². The van der Waals surface area contributed by atoms with Gasteiger partial charge in [-0.25, -0.2) is 0 Å². The highest BCUT2D eigenvalue weighted by atomic mass is 16.4. The highest BCUT2D eigenvalue weighted by Gasteiger charge is 2.27. The van der Waals surface area contributed by atoms with Crippen LogP contribution >= 0.6 is 0 Å². The predicted molar refractivity (Wildman–Crippen MR) is 73.7 cm³/mol. The largest absolute Gasteiger partial charge is 0.481 e. The average Bonchev–Trinajstić information content (AvgIpc) is 2.75. The topological polar surface area (TPSA) is 70.8 Å². The lowest BCUT2D eigenvalue weighted by molar-refractivity contribution is -0.137. The molecule has 1 atom stereocenters. The molecule has 2 rings (SSSR count). The molecule has 1 amide bonds. The van der Waals surface area contributed by atoms with Crippen molar-refractivity contribution in [3.05, 3.63) is 23.2 Å². The van der Waals surface area contributed by atoms with Gasteiger partial charge in [0, 0.05) is 25.1 Å². The van der Waals surface area contributed by atoms with Crippen molar-refractivity contribution >= 4 is 11.9 Å². The van der Waals surface area contributed by atoms with Crippen LogP contribution in [0.1, 0.15) is 47.6 Å². The Labute approximate surface area is 118 Å². The van der Waals surface area contributed by atoms with Gasteiger partial charge in [-0.2, -0.15) is 0 Å². The van der Waals surface area contributed by atoms with E-state index in [-0.39, 0.29) is 18.2 Å². The molecule has 0 spiro atoms. The summed E-state index contributed by atoms with van der Waals surface area (Å²) in [5.74, 6) is 0.591. The van der Waals surface area contributed by atoms with E-state index in [1.807, 2.05) is 19.9 Å². The Bertz CT molecular complexity index is 506. The zero-order valence-corrected chi connectivity index (χ0v) is 12.0. The van der Waals surface area contributed by atoms with E-state index in [0.29, 0.717) is 18.7 Å². The molecule has 1 aliphatic rings. The van der Waals surface area contributed by atoms with Crippen LogP contribution in [0.2, 0.25) is 0 Å². The van der Waals surface area contributed by atoms with Crippen LogP contribution in [0.5, 0.6) is 0 Å². The number of aliphatic carboxylic acids is 1. The van der Waals surface area contributed by atoms with Gasteiger partial charge in [-0.1, -0.05) is 0 Å². The summed E-state index contributed by atoms with van der Waals surface area (Å²) in [6.45, 7) is 5.05. The Morgan fingerprint density at radius 2 is 2.20 bits per heavy atom. The average molecular weight is 279 g/mol. The zero-order chi connectivity index (χ0) is 14.7. The monoisotopic (exact) mass is 279 g/mol. The van der Waals surface area contributed by atoms with Crippen molar-refractivity contribution in [2.45, 2.75) is 39.5 Å². The Hall–Kier alpha value is -1.78. The molecule has 0 aliphatic carbocycles. The van der Waals surface area contributed by atoms with Gasteiger partial charge in [0.05, 0.1) is 0 Å². The number of carboxylic acid groups (broad SMARTS) is 1. The molecule has 0 bridgehead atoms. The molecule has 0 radical (unpaired) electrons. The Kier molecular flexibility index (Phi) is 4.47. The van der Waals surface area contributed by atoms with Gasteiger partial charge in [0.2, 0.25) is 0 Å². The van der Waals surface area contributed by atoms with Crippen LogP contribution in [0.15, 0.2) is 10.5 Å². The molecule has 0 saturated carbocycles. The van der Waals surface area contributed by atoms with Gasteiger partial charge in [-0.15, -0.1) is 0 Å². The van der Waals surface area contributed by atoms with Crippen molar-refractivity contribution in [2.24, 2.45) is 5.92 Å². The number of furan rings is 1. The van der Waals surface area contributed by atoms with Crippen molar-refractivity contribution in [3.63, 3.8) is 0 Å². The number of hydrogen-bond donors (Lipinski definition) is 1. The maximum absolute atomic E-state index is 12.4. The van der Waals surface area contributed by atoms with Gasteiger partial charge >= 0.3 is 5.97 Å². The van der Waals surface area contributed by atoms with Crippen LogP contribution < -0.4 is 0 Å². The van der Waals surface area contributed by atoms with Crippen molar-refractivity contribution in [1.82, 2.24) is 4.90 Å². The van der Waals surface area contributed by atoms with Crippen molar-refractivity contribution < 1.29 is 19.1 Å². The number of carboxylic acids is 1. The fraction of sp³-hybridized carbons (Fsp3) is 0.600. The van der Waals surface area contributed by atoms with E-state index in [2.05, 4.69) is 0 Å². The molecule has 2 heterocycles. The van der Waals surface area contributed by atoms with Crippen LogP contribution in [0.3, 0.4) is 0 Å². The summed E-state index contributed by atoms with van der Waals surface area (Å²) in [5, 5.41) is 8.74. The molecule has 1 aromatic rings. The second kappa shape index (κ2) is 6.11. The van der Waals surface area contributed by atoms with E-state index in [1.165, 1.54) is 0 Å². The third kappa shape index (κ3) is 3.40. The van der Waals surface area contributed by atoms with Crippen LogP contribution in [0, 0.1) is 19.8 Å².